The summed E-state index contributed by atoms with van der Waals surface area (Å²) in [5, 5.41) is 8.48. The number of rotatable bonds is 8. The van der Waals surface area contributed by atoms with Crippen LogP contribution in [0.3, 0.4) is 0 Å². The lowest BCUT2D eigenvalue weighted by Gasteiger charge is -2.29. The molecule has 1 aromatic rings. The van der Waals surface area contributed by atoms with Gasteiger partial charge in [0.25, 0.3) is 0 Å². The first-order valence-corrected chi connectivity index (χ1v) is 12.0. The van der Waals surface area contributed by atoms with Gasteiger partial charge in [-0.25, -0.2) is 0 Å². The van der Waals surface area contributed by atoms with E-state index < -0.39 is 24.0 Å². The highest BCUT2D eigenvalue weighted by Crippen LogP contribution is 2.39. The zero-order valence-corrected chi connectivity index (χ0v) is 20.2. The van der Waals surface area contributed by atoms with Crippen LogP contribution in [-0.4, -0.2) is 48.3 Å². The highest BCUT2D eigenvalue weighted by molar-refractivity contribution is 6.08. The lowest BCUT2D eigenvalue weighted by Crippen LogP contribution is -2.58. The van der Waals surface area contributed by atoms with Gasteiger partial charge in [0, 0.05) is 19.5 Å². The number of aryl methyl sites for hydroxylation is 1. The van der Waals surface area contributed by atoms with Crippen LogP contribution in [0.2, 0.25) is 0 Å². The smallest absolute Gasteiger partial charge is 0.250 e. The van der Waals surface area contributed by atoms with Gasteiger partial charge in [-0.15, -0.1) is 0 Å². The maximum Gasteiger partial charge on any atom is 0.250 e. The van der Waals surface area contributed by atoms with E-state index >= 15 is 0 Å². The Labute approximate surface area is 204 Å². The minimum atomic E-state index is -0.802. The molecule has 4 rings (SSSR count). The van der Waals surface area contributed by atoms with E-state index in [0.29, 0.717) is 25.7 Å². The first kappa shape index (κ1) is 24.5. The van der Waals surface area contributed by atoms with Crippen molar-refractivity contribution in [1.29, 1.82) is 0 Å². The first-order chi connectivity index (χ1) is 16.8. The van der Waals surface area contributed by atoms with Gasteiger partial charge in [-0.3, -0.25) is 24.1 Å². The lowest BCUT2D eigenvalue weighted by molar-refractivity contribution is -0.132. The predicted molar refractivity (Wildman–Crippen MR) is 129 cm³/mol. The number of para-hydroxylation sites is 1. The van der Waals surface area contributed by atoms with Gasteiger partial charge in [0.1, 0.15) is 18.1 Å². The fourth-order valence-electron chi connectivity index (χ4n) is 4.83. The molecule has 4 amide bonds. The lowest BCUT2D eigenvalue weighted by atomic mass is 9.97. The van der Waals surface area contributed by atoms with Crippen molar-refractivity contribution in [3.63, 3.8) is 0 Å². The molecule has 11 nitrogen and oxygen atoms in total. The predicted octanol–water partition coefficient (Wildman–Crippen LogP) is -0.504. The summed E-state index contributed by atoms with van der Waals surface area (Å²) in [7, 11) is 0. The second-order valence-electron chi connectivity index (χ2n) is 9.30. The van der Waals surface area contributed by atoms with E-state index in [2.05, 4.69) is 32.3 Å². The van der Waals surface area contributed by atoms with Gasteiger partial charge in [-0.2, -0.15) is 5.53 Å². The summed E-state index contributed by atoms with van der Waals surface area (Å²) in [4.78, 5) is 53.4. The highest BCUT2D eigenvalue weighted by Gasteiger charge is 2.44. The van der Waals surface area contributed by atoms with E-state index in [4.69, 9.17) is 0 Å². The number of nitrogens with zero attached hydrogens (tertiary/aromatic N) is 1. The van der Waals surface area contributed by atoms with Crippen LogP contribution in [0.25, 0.3) is 0 Å². The molecule has 0 radical (unpaired) electrons. The van der Waals surface area contributed by atoms with Crippen LogP contribution in [0.5, 0.6) is 0 Å². The third-order valence-electron chi connectivity index (χ3n) is 6.87. The molecule has 35 heavy (non-hydrogen) atoms. The Balaban J connectivity index is 1.55. The summed E-state index contributed by atoms with van der Waals surface area (Å²) < 4.78 is 0. The number of carbonyl (C=O) groups excluding carboxylic acids is 4. The summed E-state index contributed by atoms with van der Waals surface area (Å²) in [6, 6.07) is 3.60. The summed E-state index contributed by atoms with van der Waals surface area (Å²) >= 11 is 0. The van der Waals surface area contributed by atoms with Gasteiger partial charge in [0.2, 0.25) is 23.6 Å². The van der Waals surface area contributed by atoms with Gasteiger partial charge < -0.3 is 26.8 Å². The van der Waals surface area contributed by atoms with Crippen LogP contribution >= 0.6 is 0 Å². The second kappa shape index (κ2) is 10.3. The fourth-order valence-corrected chi connectivity index (χ4v) is 4.83. The number of hydrogen-bond acceptors (Lipinski definition) is 7. The summed E-state index contributed by atoms with van der Waals surface area (Å²) in [5.41, 5.74) is 11.8. The third-order valence-corrected chi connectivity index (χ3v) is 6.87. The van der Waals surface area contributed by atoms with Gasteiger partial charge in [0.15, 0.2) is 0 Å². The zero-order chi connectivity index (χ0) is 25.1. The topological polar surface area (TPSA) is 144 Å². The van der Waals surface area contributed by atoms with Crippen LogP contribution in [0, 0.1) is 5.92 Å². The van der Waals surface area contributed by atoms with E-state index in [1.807, 2.05) is 32.0 Å². The second-order valence-corrected chi connectivity index (χ2v) is 9.30. The van der Waals surface area contributed by atoms with Crippen molar-refractivity contribution in [1.82, 2.24) is 32.3 Å². The van der Waals surface area contributed by atoms with E-state index in [1.54, 1.807) is 11.1 Å². The summed E-state index contributed by atoms with van der Waals surface area (Å²) in [6.07, 6.45) is 3.80. The molecule has 11 heteroatoms. The van der Waals surface area contributed by atoms with Crippen molar-refractivity contribution in [2.45, 2.75) is 64.6 Å². The summed E-state index contributed by atoms with van der Waals surface area (Å²) in [5.74, 6) is -1.37. The Morgan fingerprint density at radius 1 is 1.23 bits per heavy atom. The van der Waals surface area contributed by atoms with Crippen molar-refractivity contribution in [2.24, 2.45) is 5.92 Å². The molecule has 0 aromatic heterocycles. The standard InChI is InChI=1S/C24H33N7O4/c1-4-13(2)20(27-14(3)32)23(34)28-18-9-8-15-6-5-7-16-10-19(31(21(15)16)24(18)35)22(33)25-11-17-12-26-30-29-17/h5-7,12-13,18-20,26,29-30H,4,8-11H2,1-3H3,(H,25,33)(H,27,32)(H,28,34)/t13-,18-,19-,20-/m0/s1. The number of hydrogen-bond donors (Lipinski definition) is 6. The van der Waals surface area contributed by atoms with Crippen molar-refractivity contribution in [3.8, 4) is 0 Å². The number of nitrogens with one attached hydrogen (secondary N) is 6. The molecule has 0 bridgehead atoms. The zero-order valence-electron chi connectivity index (χ0n) is 20.2. The molecule has 3 heterocycles. The maximum atomic E-state index is 13.8. The Morgan fingerprint density at radius 3 is 2.69 bits per heavy atom. The normalized spacial score (nSPS) is 22.1. The van der Waals surface area contributed by atoms with Crippen molar-refractivity contribution < 1.29 is 19.2 Å². The molecular weight excluding hydrogens is 450 g/mol. The number of anilines is 1. The molecule has 0 saturated carbocycles. The molecule has 188 valence electrons. The SMILES string of the molecule is CC[C@H](C)[C@H](NC(C)=O)C(=O)N[C@H]1CCc2cccc3c2N(C1=O)[C@H](C(=O)NCC1=CNNN1)C3. The van der Waals surface area contributed by atoms with E-state index in [0.717, 1.165) is 22.5 Å². The average molecular weight is 484 g/mol. The number of hydrazine groups is 2. The van der Waals surface area contributed by atoms with Gasteiger partial charge in [-0.1, -0.05) is 38.5 Å². The Morgan fingerprint density at radius 2 is 2.00 bits per heavy atom. The molecule has 0 spiro atoms. The molecule has 0 fully saturated rings. The van der Waals surface area contributed by atoms with E-state index in [-0.39, 0.29) is 30.2 Å². The molecule has 0 saturated heterocycles. The molecule has 0 aliphatic carbocycles. The van der Waals surface area contributed by atoms with Crippen molar-refractivity contribution in [3.05, 3.63) is 41.2 Å². The maximum absolute atomic E-state index is 13.8. The molecule has 3 aliphatic rings. The average Bonchev–Trinajstić information content (AvgIpc) is 3.47. The van der Waals surface area contributed by atoms with Crippen LogP contribution in [-0.2, 0) is 32.0 Å². The first-order valence-electron chi connectivity index (χ1n) is 12.0. The van der Waals surface area contributed by atoms with Gasteiger partial charge in [0.05, 0.1) is 17.9 Å². The number of carbonyl (C=O) groups is 4. The number of amides is 4. The Bertz CT molecular complexity index is 1060. The Hall–Kier alpha value is -3.60. The number of benzene rings is 1. The van der Waals surface area contributed by atoms with Crippen molar-refractivity contribution >= 4 is 29.3 Å². The van der Waals surface area contributed by atoms with Gasteiger partial charge in [-0.05, 0) is 29.9 Å². The quantitative estimate of drug-likeness (QED) is 0.292. The van der Waals surface area contributed by atoms with Gasteiger partial charge >= 0.3 is 0 Å². The molecule has 6 N–H and O–H groups in total. The summed E-state index contributed by atoms with van der Waals surface area (Å²) in [6.45, 7) is 5.47. The third kappa shape index (κ3) is 5.09. The minimum absolute atomic E-state index is 0.101. The highest BCUT2D eigenvalue weighted by atomic mass is 16.2. The fraction of sp³-hybridized carbons (Fsp3) is 0.500. The van der Waals surface area contributed by atoms with E-state index in [1.165, 1.54) is 6.92 Å². The molecule has 0 unspecified atom stereocenters. The Kier molecular flexibility index (Phi) is 7.25. The molecule has 1 aromatic carbocycles. The monoisotopic (exact) mass is 483 g/mol. The van der Waals surface area contributed by atoms with Crippen LogP contribution in [0.1, 0.15) is 44.7 Å². The largest absolute Gasteiger partial charge is 0.349 e. The van der Waals surface area contributed by atoms with Crippen LogP contribution < -0.4 is 37.2 Å². The molecule has 3 aliphatic heterocycles. The van der Waals surface area contributed by atoms with E-state index in [9.17, 15) is 19.2 Å². The van der Waals surface area contributed by atoms with Crippen molar-refractivity contribution in [2.75, 3.05) is 11.4 Å². The molecule has 4 atom stereocenters. The van der Waals surface area contributed by atoms with Crippen LogP contribution in [0.15, 0.2) is 30.1 Å². The van der Waals surface area contributed by atoms with Crippen LogP contribution in [0.4, 0.5) is 5.69 Å². The minimum Gasteiger partial charge on any atom is -0.349 e. The molecular formula is C24H33N7O4.